The van der Waals surface area contributed by atoms with Crippen LogP contribution in [0.3, 0.4) is 0 Å². The number of nitrogens with zero attached hydrogens (tertiary/aromatic N) is 1. The minimum Gasteiger partial charge on any atom is -0.468 e. The van der Waals surface area contributed by atoms with Gasteiger partial charge in [0.1, 0.15) is 24.2 Å². The molecule has 10 heteroatoms. The summed E-state index contributed by atoms with van der Waals surface area (Å²) in [5.41, 5.74) is 1.95. The monoisotopic (exact) mass is 535 g/mol. The molecule has 9 nitrogen and oxygen atoms in total. The molecule has 0 spiro atoms. The zero-order valence-electron chi connectivity index (χ0n) is 23.2. The average Bonchev–Trinajstić information content (AvgIpc) is 3.54. The van der Waals surface area contributed by atoms with Crippen molar-refractivity contribution in [3.63, 3.8) is 0 Å². The van der Waals surface area contributed by atoms with Crippen LogP contribution in [0, 0.1) is 19.8 Å². The number of methoxy groups -OCH3 is 1. The molecule has 4 atom stereocenters. The topological polar surface area (TPSA) is 114 Å². The van der Waals surface area contributed by atoms with Crippen LogP contribution in [0.5, 0.6) is 0 Å². The molecule has 1 aliphatic rings. The Kier molecular flexibility index (Phi) is 10.8. The zero-order valence-corrected chi connectivity index (χ0v) is 24.0. The van der Waals surface area contributed by atoms with Crippen molar-refractivity contribution in [2.75, 3.05) is 25.7 Å². The van der Waals surface area contributed by atoms with Crippen LogP contribution in [0.25, 0.3) is 0 Å². The first-order valence-electron chi connectivity index (χ1n) is 12.5. The van der Waals surface area contributed by atoms with Crippen molar-refractivity contribution in [2.24, 2.45) is 5.92 Å². The highest BCUT2D eigenvalue weighted by Gasteiger charge is 2.48. The molecule has 206 valence electrons. The van der Waals surface area contributed by atoms with Gasteiger partial charge in [-0.3, -0.25) is 14.4 Å². The predicted molar refractivity (Wildman–Crippen MR) is 144 cm³/mol. The number of alkyl carbamates (subject to hydrolysis) is 1. The molecule has 1 saturated carbocycles. The van der Waals surface area contributed by atoms with E-state index in [9.17, 15) is 19.2 Å². The lowest BCUT2D eigenvalue weighted by Crippen LogP contribution is -2.54. The Morgan fingerprint density at radius 3 is 2.32 bits per heavy atom. The second kappa shape index (κ2) is 13.2. The summed E-state index contributed by atoms with van der Waals surface area (Å²) in [4.78, 5) is 53.7. The number of hydrogen-bond acceptors (Lipinski definition) is 7. The summed E-state index contributed by atoms with van der Waals surface area (Å²) in [6.07, 6.45) is 2.35. The highest BCUT2D eigenvalue weighted by Crippen LogP contribution is 2.41. The van der Waals surface area contributed by atoms with E-state index >= 15 is 0 Å². The number of thioether (sulfide) groups is 1. The summed E-state index contributed by atoms with van der Waals surface area (Å²) in [5.74, 6) is -0.612. The zero-order chi connectivity index (χ0) is 27.9. The fourth-order valence-electron chi connectivity index (χ4n) is 4.00. The molecule has 0 radical (unpaired) electrons. The van der Waals surface area contributed by atoms with E-state index in [2.05, 4.69) is 15.4 Å². The van der Waals surface area contributed by atoms with Gasteiger partial charge in [0.2, 0.25) is 11.8 Å². The van der Waals surface area contributed by atoms with Gasteiger partial charge >= 0.3 is 12.1 Å². The molecule has 0 bridgehead atoms. The van der Waals surface area contributed by atoms with Crippen LogP contribution >= 0.6 is 11.8 Å². The molecular formula is C27H41N3O6S. The Bertz CT molecular complexity index is 993. The lowest BCUT2D eigenvalue weighted by atomic mass is 9.98. The fraction of sp³-hybridized carbons (Fsp3) is 0.630. The average molecular weight is 536 g/mol. The molecule has 1 aromatic rings. The Balaban J connectivity index is 2.49. The number of ether oxygens (including phenoxy) is 2. The summed E-state index contributed by atoms with van der Waals surface area (Å²) in [6.45, 7) is 10.9. The van der Waals surface area contributed by atoms with E-state index in [0.717, 1.165) is 17.5 Å². The van der Waals surface area contributed by atoms with Gasteiger partial charge in [-0.25, -0.2) is 4.79 Å². The highest BCUT2D eigenvalue weighted by molar-refractivity contribution is 7.98. The maximum absolute atomic E-state index is 14.1. The first-order chi connectivity index (χ1) is 17.3. The lowest BCUT2D eigenvalue weighted by molar-refractivity contribution is -0.145. The molecule has 0 heterocycles. The smallest absolute Gasteiger partial charge is 0.408 e. The van der Waals surface area contributed by atoms with Crippen molar-refractivity contribution in [1.29, 1.82) is 0 Å². The van der Waals surface area contributed by atoms with E-state index in [1.807, 2.05) is 45.2 Å². The van der Waals surface area contributed by atoms with Crippen molar-refractivity contribution in [2.45, 2.75) is 78.1 Å². The summed E-state index contributed by atoms with van der Waals surface area (Å²) in [7, 11) is 1.25. The van der Waals surface area contributed by atoms with Crippen LogP contribution in [-0.2, 0) is 23.9 Å². The molecule has 0 aliphatic heterocycles. The summed E-state index contributed by atoms with van der Waals surface area (Å²) in [5, 5.41) is 5.37. The van der Waals surface area contributed by atoms with Gasteiger partial charge in [0.15, 0.2) is 0 Å². The van der Waals surface area contributed by atoms with E-state index in [-0.39, 0.29) is 24.4 Å². The molecule has 3 amide bonds. The molecule has 0 aromatic heterocycles. The van der Waals surface area contributed by atoms with E-state index in [0.29, 0.717) is 17.7 Å². The Morgan fingerprint density at radius 1 is 1.16 bits per heavy atom. The second-order valence-electron chi connectivity index (χ2n) is 10.5. The third kappa shape index (κ3) is 8.94. The SMILES string of the molecule is COC(=O)CNC(=O)C(c1ccc(C)c(C)c1)N(C(=O)C(CCSC)NC(=O)OC(C)(C)C)C1CC1C. The quantitative estimate of drug-likeness (QED) is 0.417. The number of amides is 3. The number of esters is 1. The molecule has 1 aliphatic carbocycles. The third-order valence-electron chi connectivity index (χ3n) is 6.29. The fourth-order valence-corrected chi connectivity index (χ4v) is 4.47. The number of benzene rings is 1. The maximum atomic E-state index is 14.1. The number of hydrogen-bond donors (Lipinski definition) is 2. The normalized spacial score (nSPS) is 18.3. The van der Waals surface area contributed by atoms with Gasteiger partial charge in [0.05, 0.1) is 7.11 Å². The molecule has 1 aromatic carbocycles. The van der Waals surface area contributed by atoms with Crippen LogP contribution in [0.4, 0.5) is 4.79 Å². The summed E-state index contributed by atoms with van der Waals surface area (Å²) < 4.78 is 10.1. The largest absolute Gasteiger partial charge is 0.468 e. The van der Waals surface area contributed by atoms with Crippen LogP contribution in [0.2, 0.25) is 0 Å². The van der Waals surface area contributed by atoms with E-state index in [1.54, 1.807) is 37.4 Å². The number of aryl methyl sites for hydroxylation is 2. The number of carbonyl (C=O) groups excluding carboxylic acids is 4. The van der Waals surface area contributed by atoms with Crippen LogP contribution in [0.15, 0.2) is 18.2 Å². The molecule has 2 N–H and O–H groups in total. The minimum atomic E-state index is -0.983. The van der Waals surface area contributed by atoms with Gasteiger partial charge < -0.3 is 25.0 Å². The van der Waals surface area contributed by atoms with E-state index < -0.39 is 35.7 Å². The highest BCUT2D eigenvalue weighted by atomic mass is 32.2. The number of nitrogens with one attached hydrogen (secondary N) is 2. The van der Waals surface area contributed by atoms with Crippen molar-refractivity contribution < 1.29 is 28.7 Å². The molecule has 0 saturated heterocycles. The van der Waals surface area contributed by atoms with Gasteiger partial charge in [0, 0.05) is 6.04 Å². The molecule has 4 unspecified atom stereocenters. The third-order valence-corrected chi connectivity index (χ3v) is 6.93. The molecule has 2 rings (SSSR count). The first-order valence-corrected chi connectivity index (χ1v) is 13.9. The van der Waals surface area contributed by atoms with E-state index in [4.69, 9.17) is 4.74 Å². The Labute approximate surface area is 224 Å². The Morgan fingerprint density at radius 2 is 1.81 bits per heavy atom. The van der Waals surface area contributed by atoms with Gasteiger partial charge in [-0.05, 0) is 82.1 Å². The minimum absolute atomic E-state index is 0.180. The first kappa shape index (κ1) is 30.5. The predicted octanol–water partition coefficient (Wildman–Crippen LogP) is 3.52. The molecule has 1 fully saturated rings. The van der Waals surface area contributed by atoms with Crippen LogP contribution < -0.4 is 10.6 Å². The number of rotatable bonds is 11. The van der Waals surface area contributed by atoms with Crippen LogP contribution in [-0.4, -0.2) is 72.1 Å². The van der Waals surface area contributed by atoms with Crippen molar-refractivity contribution in [3.8, 4) is 0 Å². The van der Waals surface area contributed by atoms with Gasteiger partial charge in [-0.15, -0.1) is 0 Å². The van der Waals surface area contributed by atoms with E-state index in [1.165, 1.54) is 7.11 Å². The lowest BCUT2D eigenvalue weighted by Gasteiger charge is -2.35. The van der Waals surface area contributed by atoms with Gasteiger partial charge in [0.25, 0.3) is 0 Å². The number of carbonyl (C=O) groups is 4. The standard InChI is InChI=1S/C27H41N3O6S/c1-16-9-10-19(13-17(16)2)23(24(32)28-15-22(31)35-7)30(21-14-18(21)3)25(33)20(11-12-37-8)29-26(34)36-27(4,5)6/h9-10,13,18,20-21,23H,11-12,14-15H2,1-8H3,(H,28,32)(H,29,34). The van der Waals surface area contributed by atoms with Crippen LogP contribution in [0.1, 0.15) is 63.3 Å². The van der Waals surface area contributed by atoms with Gasteiger partial charge in [-0.2, -0.15) is 11.8 Å². The van der Waals surface area contributed by atoms with Crippen molar-refractivity contribution in [3.05, 3.63) is 34.9 Å². The van der Waals surface area contributed by atoms with Crippen molar-refractivity contribution in [1.82, 2.24) is 15.5 Å². The van der Waals surface area contributed by atoms with Gasteiger partial charge in [-0.1, -0.05) is 25.1 Å². The Hall–Kier alpha value is -2.75. The summed E-state index contributed by atoms with van der Waals surface area (Å²) >= 11 is 1.56. The maximum Gasteiger partial charge on any atom is 0.408 e. The van der Waals surface area contributed by atoms with Crippen molar-refractivity contribution >= 4 is 35.6 Å². The second-order valence-corrected chi connectivity index (χ2v) is 11.5. The molecular weight excluding hydrogens is 494 g/mol. The summed E-state index contributed by atoms with van der Waals surface area (Å²) in [6, 6.07) is 3.59. The molecule has 37 heavy (non-hydrogen) atoms.